The molecule has 0 heterocycles. The van der Waals surface area contributed by atoms with Crippen molar-refractivity contribution in [2.24, 2.45) is 5.73 Å². The topological polar surface area (TPSA) is 92.4 Å². The van der Waals surface area contributed by atoms with E-state index in [2.05, 4.69) is 5.32 Å². The maximum Gasteiger partial charge on any atom is 0.313 e. The lowest BCUT2D eigenvalue weighted by atomic mass is 9.85. The summed E-state index contributed by atoms with van der Waals surface area (Å²) in [6, 6.07) is 6.90. The van der Waals surface area contributed by atoms with Gasteiger partial charge in [-0.05, 0) is 50.9 Å². The highest BCUT2D eigenvalue weighted by molar-refractivity contribution is 5.90. The number of benzene rings is 1. The number of aliphatic carboxylic acids is 1. The van der Waals surface area contributed by atoms with E-state index in [-0.39, 0.29) is 5.91 Å². The molecule has 0 aliphatic rings. The summed E-state index contributed by atoms with van der Waals surface area (Å²) >= 11 is 0. The van der Waals surface area contributed by atoms with Gasteiger partial charge in [0.1, 0.15) is 0 Å². The molecule has 1 amide bonds. The van der Waals surface area contributed by atoms with Crippen molar-refractivity contribution in [3.8, 4) is 0 Å². The molecule has 1 rings (SSSR count). The number of amides is 1. The van der Waals surface area contributed by atoms with Crippen molar-refractivity contribution >= 4 is 17.6 Å². The second-order valence-electron chi connectivity index (χ2n) is 5.30. The third kappa shape index (κ3) is 4.35. The molecule has 0 saturated heterocycles. The Kier molecular flexibility index (Phi) is 5.70. The van der Waals surface area contributed by atoms with Crippen LogP contribution < -0.4 is 11.1 Å². The van der Waals surface area contributed by atoms with E-state index in [0.717, 1.165) is 12.8 Å². The highest BCUT2D eigenvalue weighted by Gasteiger charge is 2.29. The number of hydrogen-bond donors (Lipinski definition) is 3. The van der Waals surface area contributed by atoms with Crippen molar-refractivity contribution < 1.29 is 14.7 Å². The zero-order valence-electron chi connectivity index (χ0n) is 12.0. The van der Waals surface area contributed by atoms with Gasteiger partial charge in [0.25, 0.3) is 0 Å². The van der Waals surface area contributed by atoms with Gasteiger partial charge in [0, 0.05) is 12.1 Å². The fraction of sp³-hybridized carbons (Fsp3) is 0.467. The van der Waals surface area contributed by atoms with Crippen LogP contribution in [0.2, 0.25) is 0 Å². The molecule has 0 aromatic heterocycles. The van der Waals surface area contributed by atoms with Gasteiger partial charge in [-0.2, -0.15) is 0 Å². The third-order valence-corrected chi connectivity index (χ3v) is 3.28. The fourth-order valence-electron chi connectivity index (χ4n) is 1.75. The first-order valence-corrected chi connectivity index (χ1v) is 6.72. The smallest absolute Gasteiger partial charge is 0.313 e. The Bertz CT molecular complexity index is 467. The molecule has 0 aliphatic carbocycles. The van der Waals surface area contributed by atoms with E-state index in [0.29, 0.717) is 24.2 Å². The summed E-state index contributed by atoms with van der Waals surface area (Å²) in [6.45, 7) is 3.89. The summed E-state index contributed by atoms with van der Waals surface area (Å²) in [6.07, 6.45) is 2.05. The van der Waals surface area contributed by atoms with E-state index in [1.807, 2.05) is 0 Å². The van der Waals surface area contributed by atoms with Crippen LogP contribution in [0.1, 0.15) is 38.7 Å². The van der Waals surface area contributed by atoms with E-state index < -0.39 is 11.4 Å². The Hall–Kier alpha value is -1.88. The highest BCUT2D eigenvalue weighted by atomic mass is 16.4. The van der Waals surface area contributed by atoms with Crippen LogP contribution in [-0.2, 0) is 15.0 Å². The van der Waals surface area contributed by atoms with Crippen LogP contribution >= 0.6 is 0 Å². The van der Waals surface area contributed by atoms with Crippen LogP contribution in [0, 0.1) is 0 Å². The van der Waals surface area contributed by atoms with Gasteiger partial charge in [0.05, 0.1) is 5.41 Å². The summed E-state index contributed by atoms with van der Waals surface area (Å²) in [4.78, 5) is 22.8. The Morgan fingerprint density at radius 2 is 1.80 bits per heavy atom. The highest BCUT2D eigenvalue weighted by Crippen LogP contribution is 2.24. The number of rotatable bonds is 7. The number of nitrogens with two attached hydrogens (primary N) is 1. The fourth-order valence-corrected chi connectivity index (χ4v) is 1.75. The van der Waals surface area contributed by atoms with Crippen LogP contribution in [0.15, 0.2) is 24.3 Å². The summed E-state index contributed by atoms with van der Waals surface area (Å²) < 4.78 is 0. The molecule has 0 unspecified atom stereocenters. The summed E-state index contributed by atoms with van der Waals surface area (Å²) in [5.41, 5.74) is 5.80. The number of nitrogens with one attached hydrogen (secondary N) is 1. The average Bonchev–Trinajstić information content (AvgIpc) is 2.39. The number of carboxylic acids is 1. The van der Waals surface area contributed by atoms with Crippen molar-refractivity contribution in [2.45, 2.75) is 38.5 Å². The van der Waals surface area contributed by atoms with E-state index in [9.17, 15) is 9.59 Å². The van der Waals surface area contributed by atoms with E-state index in [4.69, 9.17) is 10.8 Å². The quantitative estimate of drug-likeness (QED) is 0.666. The van der Waals surface area contributed by atoms with E-state index in [1.165, 1.54) is 0 Å². The van der Waals surface area contributed by atoms with Crippen molar-refractivity contribution in [1.29, 1.82) is 0 Å². The predicted octanol–water partition coefficient (Wildman–Crippen LogP) is 2.12. The number of carbonyl (C=O) groups excluding carboxylic acids is 1. The Morgan fingerprint density at radius 3 is 2.30 bits per heavy atom. The first-order valence-electron chi connectivity index (χ1n) is 6.72. The molecule has 0 spiro atoms. The first-order chi connectivity index (χ1) is 9.37. The van der Waals surface area contributed by atoms with Gasteiger partial charge in [-0.25, -0.2) is 0 Å². The molecule has 0 radical (unpaired) electrons. The molecule has 0 fully saturated rings. The number of carbonyl (C=O) groups is 2. The lowest BCUT2D eigenvalue weighted by Crippen LogP contribution is -2.28. The number of hydrogen-bond acceptors (Lipinski definition) is 3. The van der Waals surface area contributed by atoms with Crippen molar-refractivity contribution in [3.05, 3.63) is 29.8 Å². The summed E-state index contributed by atoms with van der Waals surface area (Å²) in [5, 5.41) is 11.9. The number of unbranched alkanes of at least 4 members (excludes halogenated alkanes) is 1. The molecule has 0 atom stereocenters. The Labute approximate surface area is 119 Å². The number of anilines is 1. The first kappa shape index (κ1) is 16.2. The summed E-state index contributed by atoms with van der Waals surface area (Å²) in [7, 11) is 0. The Morgan fingerprint density at radius 1 is 1.20 bits per heavy atom. The minimum atomic E-state index is -0.941. The lowest BCUT2D eigenvalue weighted by Gasteiger charge is -2.19. The van der Waals surface area contributed by atoms with Gasteiger partial charge in [0.2, 0.25) is 5.91 Å². The van der Waals surface area contributed by atoms with E-state index in [1.54, 1.807) is 38.1 Å². The summed E-state index contributed by atoms with van der Waals surface area (Å²) in [5.74, 6) is -0.931. The predicted molar refractivity (Wildman–Crippen MR) is 78.6 cm³/mol. The standard InChI is InChI=1S/C15H22N2O3/c1-15(2,14(19)20)11-6-8-12(9-7-11)17-13(18)5-3-4-10-16/h6-9H,3-5,10,16H2,1-2H3,(H,17,18)(H,19,20). The molecule has 0 aliphatic heterocycles. The monoisotopic (exact) mass is 278 g/mol. The number of carboxylic acid groups (broad SMARTS) is 1. The molecular weight excluding hydrogens is 256 g/mol. The zero-order chi connectivity index (χ0) is 15.2. The maximum absolute atomic E-state index is 11.6. The lowest BCUT2D eigenvalue weighted by molar-refractivity contribution is -0.142. The van der Waals surface area contributed by atoms with Crippen molar-refractivity contribution in [1.82, 2.24) is 0 Å². The zero-order valence-corrected chi connectivity index (χ0v) is 12.0. The molecule has 5 heteroatoms. The third-order valence-electron chi connectivity index (χ3n) is 3.28. The van der Waals surface area contributed by atoms with Gasteiger partial charge < -0.3 is 16.2 Å². The van der Waals surface area contributed by atoms with E-state index >= 15 is 0 Å². The van der Waals surface area contributed by atoms with Crippen molar-refractivity contribution in [2.75, 3.05) is 11.9 Å². The minimum absolute atomic E-state index is 0.0521. The molecule has 0 saturated carbocycles. The van der Waals surface area contributed by atoms with Gasteiger partial charge in [-0.1, -0.05) is 12.1 Å². The molecule has 1 aromatic rings. The molecular formula is C15H22N2O3. The van der Waals surface area contributed by atoms with Crippen LogP contribution in [-0.4, -0.2) is 23.5 Å². The molecule has 5 nitrogen and oxygen atoms in total. The van der Waals surface area contributed by atoms with Crippen LogP contribution in [0.4, 0.5) is 5.69 Å². The molecule has 110 valence electrons. The van der Waals surface area contributed by atoms with Crippen molar-refractivity contribution in [3.63, 3.8) is 0 Å². The van der Waals surface area contributed by atoms with Gasteiger partial charge in [0.15, 0.2) is 0 Å². The molecule has 20 heavy (non-hydrogen) atoms. The normalized spacial score (nSPS) is 11.2. The molecule has 4 N–H and O–H groups in total. The average molecular weight is 278 g/mol. The van der Waals surface area contributed by atoms with Gasteiger partial charge in [-0.15, -0.1) is 0 Å². The second kappa shape index (κ2) is 7.05. The van der Waals surface area contributed by atoms with Crippen LogP contribution in [0.25, 0.3) is 0 Å². The molecule has 1 aromatic carbocycles. The van der Waals surface area contributed by atoms with Crippen LogP contribution in [0.5, 0.6) is 0 Å². The Balaban J connectivity index is 2.63. The minimum Gasteiger partial charge on any atom is -0.481 e. The van der Waals surface area contributed by atoms with Gasteiger partial charge in [-0.3, -0.25) is 9.59 Å². The SMILES string of the molecule is CC(C)(C(=O)O)c1ccc(NC(=O)CCCCN)cc1. The second-order valence-corrected chi connectivity index (χ2v) is 5.30. The van der Waals surface area contributed by atoms with Crippen LogP contribution in [0.3, 0.4) is 0 Å². The largest absolute Gasteiger partial charge is 0.481 e. The maximum atomic E-state index is 11.6. The van der Waals surface area contributed by atoms with Gasteiger partial charge >= 0.3 is 5.97 Å². The molecule has 0 bridgehead atoms.